The molecular formula is C23H24ClFN6O2. The van der Waals surface area contributed by atoms with Crippen molar-refractivity contribution in [3.05, 3.63) is 41.4 Å². The van der Waals surface area contributed by atoms with Crippen LogP contribution in [0.25, 0.3) is 11.0 Å². The lowest BCUT2D eigenvalue weighted by Crippen LogP contribution is -2.76. The summed E-state index contributed by atoms with van der Waals surface area (Å²) in [5, 5.41) is 6.46. The third-order valence-electron chi connectivity index (χ3n) is 6.63. The Hall–Kier alpha value is -2.75. The topological polar surface area (TPSA) is 84.4 Å². The predicted molar refractivity (Wildman–Crippen MR) is 124 cm³/mol. The lowest BCUT2D eigenvalue weighted by atomic mass is 9.80. The average Bonchev–Trinajstić information content (AvgIpc) is 3.28. The Balaban J connectivity index is 1.23. The summed E-state index contributed by atoms with van der Waals surface area (Å²) in [5.41, 5.74) is 1.69. The Morgan fingerprint density at radius 3 is 2.91 bits per heavy atom. The van der Waals surface area contributed by atoms with E-state index in [1.807, 2.05) is 12.1 Å². The van der Waals surface area contributed by atoms with E-state index >= 15 is 4.39 Å². The van der Waals surface area contributed by atoms with Crippen molar-refractivity contribution in [2.75, 3.05) is 43.1 Å². The SMILES string of the molecule is Fc1c(Nc2ncnc3ccc(N4CC5(CCN5)C4)nc23)ccc(OC[C@H]2CCCO2)c1Cl. The first-order valence-electron chi connectivity index (χ1n) is 11.2. The lowest BCUT2D eigenvalue weighted by molar-refractivity contribution is 0.0679. The second kappa shape index (κ2) is 8.23. The number of hydrogen-bond donors (Lipinski definition) is 2. The van der Waals surface area contributed by atoms with Crippen molar-refractivity contribution in [2.24, 2.45) is 0 Å². The first-order valence-corrected chi connectivity index (χ1v) is 11.6. The third kappa shape index (κ3) is 3.84. The molecule has 0 saturated carbocycles. The first kappa shape index (κ1) is 20.8. The average molecular weight is 471 g/mol. The van der Waals surface area contributed by atoms with E-state index in [9.17, 15) is 0 Å². The van der Waals surface area contributed by atoms with Gasteiger partial charge in [0.2, 0.25) is 0 Å². The molecular weight excluding hydrogens is 447 g/mol. The van der Waals surface area contributed by atoms with Crippen LogP contribution in [0.2, 0.25) is 5.02 Å². The van der Waals surface area contributed by atoms with E-state index in [0.717, 1.165) is 44.9 Å². The van der Waals surface area contributed by atoms with Crippen LogP contribution in [0.5, 0.6) is 5.75 Å². The second-order valence-electron chi connectivity index (χ2n) is 8.88. The van der Waals surface area contributed by atoms with Crippen molar-refractivity contribution >= 4 is 40.0 Å². The summed E-state index contributed by atoms with van der Waals surface area (Å²) in [4.78, 5) is 15.6. The number of halogens is 2. The summed E-state index contributed by atoms with van der Waals surface area (Å²) in [6.07, 6.45) is 4.60. The summed E-state index contributed by atoms with van der Waals surface area (Å²) in [5.74, 6) is 0.961. The van der Waals surface area contributed by atoms with Gasteiger partial charge in [-0.3, -0.25) is 0 Å². The maximum absolute atomic E-state index is 15.1. The molecule has 3 aromatic rings. The maximum atomic E-state index is 15.1. The molecule has 0 unspecified atom stereocenters. The van der Waals surface area contributed by atoms with E-state index in [1.165, 1.54) is 12.7 Å². The summed E-state index contributed by atoms with van der Waals surface area (Å²) in [6.45, 7) is 4.02. The molecule has 2 N–H and O–H groups in total. The summed E-state index contributed by atoms with van der Waals surface area (Å²) >= 11 is 6.27. The number of hydrogen-bond acceptors (Lipinski definition) is 8. The van der Waals surface area contributed by atoms with Crippen molar-refractivity contribution in [3.63, 3.8) is 0 Å². The zero-order valence-corrected chi connectivity index (χ0v) is 18.7. The summed E-state index contributed by atoms with van der Waals surface area (Å²) in [7, 11) is 0. The molecule has 1 atom stereocenters. The zero-order chi connectivity index (χ0) is 22.4. The van der Waals surface area contributed by atoms with Gasteiger partial charge in [-0.15, -0.1) is 0 Å². The molecule has 0 aliphatic carbocycles. The van der Waals surface area contributed by atoms with E-state index in [4.69, 9.17) is 26.1 Å². The van der Waals surface area contributed by atoms with Gasteiger partial charge in [-0.05, 0) is 50.1 Å². The van der Waals surface area contributed by atoms with Gasteiger partial charge in [0.15, 0.2) is 11.6 Å². The van der Waals surface area contributed by atoms with E-state index in [-0.39, 0.29) is 22.4 Å². The molecule has 10 heteroatoms. The van der Waals surface area contributed by atoms with E-state index in [1.54, 1.807) is 12.1 Å². The second-order valence-corrected chi connectivity index (χ2v) is 9.26. The Bertz CT molecular complexity index is 1190. The minimum atomic E-state index is -0.606. The fourth-order valence-corrected chi connectivity index (χ4v) is 4.84. The lowest BCUT2D eigenvalue weighted by Gasteiger charge is -2.56. The minimum Gasteiger partial charge on any atom is -0.489 e. The van der Waals surface area contributed by atoms with Crippen LogP contribution in [-0.4, -0.2) is 59.4 Å². The van der Waals surface area contributed by atoms with Crippen molar-refractivity contribution in [2.45, 2.75) is 30.9 Å². The van der Waals surface area contributed by atoms with Crippen molar-refractivity contribution < 1.29 is 13.9 Å². The molecule has 3 aliphatic rings. The van der Waals surface area contributed by atoms with Crippen LogP contribution in [0.4, 0.5) is 21.7 Å². The monoisotopic (exact) mass is 470 g/mol. The molecule has 1 aromatic carbocycles. The minimum absolute atomic E-state index is 0.0240. The Labute approximate surface area is 195 Å². The van der Waals surface area contributed by atoms with Crippen molar-refractivity contribution in [1.29, 1.82) is 0 Å². The van der Waals surface area contributed by atoms with Crippen LogP contribution in [-0.2, 0) is 4.74 Å². The van der Waals surface area contributed by atoms with E-state index < -0.39 is 5.82 Å². The van der Waals surface area contributed by atoms with Crippen molar-refractivity contribution in [1.82, 2.24) is 20.3 Å². The number of fused-ring (bicyclic) bond motifs is 1. The van der Waals surface area contributed by atoms with Gasteiger partial charge >= 0.3 is 0 Å². The fraction of sp³-hybridized carbons (Fsp3) is 0.435. The molecule has 3 fully saturated rings. The number of rotatable bonds is 6. The highest BCUT2D eigenvalue weighted by Gasteiger charge is 2.47. The van der Waals surface area contributed by atoms with Gasteiger partial charge in [-0.25, -0.2) is 19.3 Å². The summed E-state index contributed by atoms with van der Waals surface area (Å²) < 4.78 is 26.3. The normalized spacial score (nSPS) is 21.2. The third-order valence-corrected chi connectivity index (χ3v) is 6.98. The van der Waals surface area contributed by atoms with Crippen LogP contribution >= 0.6 is 11.6 Å². The van der Waals surface area contributed by atoms with Gasteiger partial charge < -0.3 is 25.0 Å². The maximum Gasteiger partial charge on any atom is 0.169 e. The van der Waals surface area contributed by atoms with E-state index in [0.29, 0.717) is 29.2 Å². The van der Waals surface area contributed by atoms with Crippen LogP contribution in [0.15, 0.2) is 30.6 Å². The number of nitrogens with zero attached hydrogens (tertiary/aromatic N) is 4. The molecule has 3 aliphatic heterocycles. The van der Waals surface area contributed by atoms with Crippen LogP contribution in [0.3, 0.4) is 0 Å². The predicted octanol–water partition coefficient (Wildman–Crippen LogP) is 3.67. The Morgan fingerprint density at radius 2 is 2.15 bits per heavy atom. The molecule has 0 bridgehead atoms. The van der Waals surface area contributed by atoms with E-state index in [2.05, 4.69) is 25.5 Å². The number of nitrogens with one attached hydrogen (secondary N) is 2. The van der Waals surface area contributed by atoms with Gasteiger partial charge in [0.05, 0.1) is 22.8 Å². The fourth-order valence-electron chi connectivity index (χ4n) is 4.62. The molecule has 0 radical (unpaired) electrons. The molecule has 172 valence electrons. The number of anilines is 3. The molecule has 3 saturated heterocycles. The largest absolute Gasteiger partial charge is 0.489 e. The molecule has 33 heavy (non-hydrogen) atoms. The number of aromatic nitrogens is 3. The first-order chi connectivity index (χ1) is 16.1. The molecule has 0 amide bonds. The van der Waals surface area contributed by atoms with Crippen LogP contribution in [0.1, 0.15) is 19.3 Å². The molecule has 2 aromatic heterocycles. The zero-order valence-electron chi connectivity index (χ0n) is 18.0. The van der Waals surface area contributed by atoms with Crippen molar-refractivity contribution in [3.8, 4) is 5.75 Å². The Kier molecular flexibility index (Phi) is 5.20. The molecule has 5 heterocycles. The number of pyridine rings is 1. The molecule has 6 rings (SSSR count). The highest BCUT2D eigenvalue weighted by Crippen LogP contribution is 2.36. The number of benzene rings is 1. The molecule has 8 nitrogen and oxygen atoms in total. The quantitative estimate of drug-likeness (QED) is 0.564. The van der Waals surface area contributed by atoms with Gasteiger partial charge in [-0.2, -0.15) is 0 Å². The highest BCUT2D eigenvalue weighted by molar-refractivity contribution is 6.32. The summed E-state index contributed by atoms with van der Waals surface area (Å²) in [6, 6.07) is 7.11. The van der Waals surface area contributed by atoms with Gasteiger partial charge in [0.25, 0.3) is 0 Å². The van der Waals surface area contributed by atoms with Gasteiger partial charge in [-0.1, -0.05) is 11.6 Å². The molecule has 1 spiro atoms. The van der Waals surface area contributed by atoms with Crippen LogP contribution in [0, 0.1) is 5.82 Å². The van der Waals surface area contributed by atoms with Crippen LogP contribution < -0.4 is 20.3 Å². The van der Waals surface area contributed by atoms with Gasteiger partial charge in [0.1, 0.15) is 35.0 Å². The van der Waals surface area contributed by atoms with Gasteiger partial charge in [0, 0.05) is 19.7 Å². The standard InChI is InChI=1S/C23H24ClFN6O2/c24-19-17(33-10-14-2-1-9-32-14)5-3-15(20(19)25)29-22-21-16(26-13-27-22)4-6-18(30-21)31-11-23(12-31)7-8-28-23/h3-6,13-14,28H,1-2,7-12H2,(H,26,27,29)/t14-/m1/s1. The highest BCUT2D eigenvalue weighted by atomic mass is 35.5. The number of ether oxygens (including phenoxy) is 2. The Morgan fingerprint density at radius 1 is 1.27 bits per heavy atom. The smallest absolute Gasteiger partial charge is 0.169 e.